The molecule has 0 saturated heterocycles. The zero-order chi connectivity index (χ0) is 15.4. The number of halogens is 4. The Hall–Kier alpha value is -2.32. The monoisotopic (exact) mass is 296 g/mol. The Balaban J connectivity index is 3.24. The number of carbonyl (C=O) groups excluding carboxylic acids is 2. The molecule has 0 heterocycles. The molecule has 0 amide bonds. The van der Waals surface area contributed by atoms with Gasteiger partial charge in [-0.05, 0) is 0 Å². The van der Waals surface area contributed by atoms with Crippen LogP contribution < -0.4 is 4.74 Å². The molecule has 5 nitrogen and oxygen atoms in total. The van der Waals surface area contributed by atoms with Crippen molar-refractivity contribution in [2.45, 2.75) is 6.10 Å². The number of benzene rings is 1. The molecule has 20 heavy (non-hydrogen) atoms. The third kappa shape index (κ3) is 2.98. The Morgan fingerprint density at radius 3 is 1.70 bits per heavy atom. The Kier molecular flexibility index (Phi) is 4.89. The molecular formula is C11H8F4O5. The van der Waals surface area contributed by atoms with Crippen LogP contribution >= 0.6 is 0 Å². The van der Waals surface area contributed by atoms with Crippen molar-refractivity contribution in [1.29, 1.82) is 0 Å². The quantitative estimate of drug-likeness (QED) is 0.363. The number of hydrogen-bond donors (Lipinski definition) is 0. The summed E-state index contributed by atoms with van der Waals surface area (Å²) in [5.74, 6) is -11.6. The summed E-state index contributed by atoms with van der Waals surface area (Å²) in [5.41, 5.74) is 0. The average molecular weight is 296 g/mol. The number of esters is 2. The Morgan fingerprint density at radius 1 is 0.950 bits per heavy atom. The van der Waals surface area contributed by atoms with Crippen LogP contribution in [-0.4, -0.2) is 32.3 Å². The smallest absolute Gasteiger partial charge is 0.359 e. The van der Waals surface area contributed by atoms with Crippen LogP contribution in [0.15, 0.2) is 6.07 Å². The molecule has 0 aliphatic heterocycles. The fourth-order valence-electron chi connectivity index (χ4n) is 1.18. The molecule has 110 valence electrons. The highest BCUT2D eigenvalue weighted by atomic mass is 19.2. The molecule has 1 aromatic carbocycles. The Bertz CT molecular complexity index is 504. The van der Waals surface area contributed by atoms with Crippen LogP contribution in [0.5, 0.6) is 5.75 Å². The maximum Gasteiger partial charge on any atom is 0.359 e. The molecule has 0 bridgehead atoms. The van der Waals surface area contributed by atoms with Crippen molar-refractivity contribution in [1.82, 2.24) is 0 Å². The molecule has 0 N–H and O–H groups in total. The summed E-state index contributed by atoms with van der Waals surface area (Å²) in [5, 5.41) is 0. The second-order valence-corrected chi connectivity index (χ2v) is 3.34. The van der Waals surface area contributed by atoms with Gasteiger partial charge in [-0.25, -0.2) is 18.4 Å². The van der Waals surface area contributed by atoms with Gasteiger partial charge in [0.15, 0.2) is 17.4 Å². The second-order valence-electron chi connectivity index (χ2n) is 3.34. The highest BCUT2D eigenvalue weighted by molar-refractivity contribution is 5.98. The fraction of sp³-hybridized carbons (Fsp3) is 0.273. The first kappa shape index (κ1) is 15.7. The summed E-state index contributed by atoms with van der Waals surface area (Å²) in [6.07, 6.45) is -2.23. The minimum absolute atomic E-state index is 0.0528. The largest absolute Gasteiger partial charge is 0.466 e. The van der Waals surface area contributed by atoms with Crippen molar-refractivity contribution >= 4 is 11.9 Å². The van der Waals surface area contributed by atoms with Gasteiger partial charge in [-0.1, -0.05) is 0 Å². The zero-order valence-electron chi connectivity index (χ0n) is 10.2. The predicted octanol–water partition coefficient (Wildman–Crippen LogP) is 1.34. The van der Waals surface area contributed by atoms with Gasteiger partial charge in [0, 0.05) is 6.07 Å². The molecule has 9 heteroatoms. The van der Waals surface area contributed by atoms with Gasteiger partial charge in [0.1, 0.15) is 0 Å². The minimum atomic E-state index is -2.23. The first-order chi connectivity index (χ1) is 9.33. The van der Waals surface area contributed by atoms with E-state index in [1.807, 2.05) is 0 Å². The summed E-state index contributed by atoms with van der Waals surface area (Å²) in [6.45, 7) is 0. The second kappa shape index (κ2) is 6.22. The molecule has 1 aromatic rings. The van der Waals surface area contributed by atoms with E-state index in [2.05, 4.69) is 14.2 Å². The third-order valence-corrected chi connectivity index (χ3v) is 2.14. The van der Waals surface area contributed by atoms with Crippen molar-refractivity contribution in [2.75, 3.05) is 14.2 Å². The highest BCUT2D eigenvalue weighted by Crippen LogP contribution is 2.27. The molecule has 0 radical (unpaired) electrons. The Morgan fingerprint density at radius 2 is 1.35 bits per heavy atom. The lowest BCUT2D eigenvalue weighted by atomic mass is 10.2. The predicted molar refractivity (Wildman–Crippen MR) is 54.7 cm³/mol. The molecular weight excluding hydrogens is 288 g/mol. The lowest BCUT2D eigenvalue weighted by Crippen LogP contribution is -2.38. The van der Waals surface area contributed by atoms with Gasteiger partial charge >= 0.3 is 11.9 Å². The molecule has 0 saturated carbocycles. The van der Waals surface area contributed by atoms with Crippen LogP contribution in [0.1, 0.15) is 0 Å². The van der Waals surface area contributed by atoms with Crippen molar-refractivity contribution < 1.29 is 41.4 Å². The van der Waals surface area contributed by atoms with Crippen molar-refractivity contribution in [3.8, 4) is 5.75 Å². The van der Waals surface area contributed by atoms with Gasteiger partial charge in [0.2, 0.25) is 11.6 Å². The molecule has 0 aromatic heterocycles. The average Bonchev–Trinajstić information content (AvgIpc) is 2.44. The van der Waals surface area contributed by atoms with E-state index in [-0.39, 0.29) is 6.07 Å². The highest BCUT2D eigenvalue weighted by Gasteiger charge is 2.34. The van der Waals surface area contributed by atoms with E-state index in [4.69, 9.17) is 0 Å². The molecule has 0 aliphatic carbocycles. The first-order valence-electron chi connectivity index (χ1n) is 4.98. The lowest BCUT2D eigenvalue weighted by Gasteiger charge is -2.15. The third-order valence-electron chi connectivity index (χ3n) is 2.14. The van der Waals surface area contributed by atoms with E-state index in [0.29, 0.717) is 0 Å². The molecule has 0 unspecified atom stereocenters. The normalized spacial score (nSPS) is 10.3. The van der Waals surface area contributed by atoms with Gasteiger partial charge in [-0.2, -0.15) is 8.78 Å². The van der Waals surface area contributed by atoms with Crippen LogP contribution in [0.2, 0.25) is 0 Å². The van der Waals surface area contributed by atoms with E-state index in [1.165, 1.54) is 0 Å². The maximum atomic E-state index is 13.3. The Labute approximate surface area is 110 Å². The lowest BCUT2D eigenvalue weighted by molar-refractivity contribution is -0.163. The number of ether oxygens (including phenoxy) is 3. The van der Waals surface area contributed by atoms with E-state index >= 15 is 0 Å². The fourth-order valence-corrected chi connectivity index (χ4v) is 1.18. The number of methoxy groups -OCH3 is 2. The van der Waals surface area contributed by atoms with Crippen LogP contribution in [0.25, 0.3) is 0 Å². The van der Waals surface area contributed by atoms with Gasteiger partial charge in [0.05, 0.1) is 14.2 Å². The summed E-state index contributed by atoms with van der Waals surface area (Å²) in [4.78, 5) is 22.5. The van der Waals surface area contributed by atoms with Crippen LogP contribution in [0.4, 0.5) is 17.6 Å². The van der Waals surface area contributed by atoms with Gasteiger partial charge < -0.3 is 14.2 Å². The summed E-state index contributed by atoms with van der Waals surface area (Å²) < 4.78 is 65.2. The van der Waals surface area contributed by atoms with E-state index in [9.17, 15) is 27.2 Å². The minimum Gasteiger partial charge on any atom is -0.466 e. The van der Waals surface area contributed by atoms with E-state index in [0.717, 1.165) is 14.2 Å². The van der Waals surface area contributed by atoms with E-state index in [1.54, 1.807) is 0 Å². The first-order valence-corrected chi connectivity index (χ1v) is 4.98. The van der Waals surface area contributed by atoms with Crippen LogP contribution in [0, 0.1) is 23.3 Å². The number of hydrogen-bond acceptors (Lipinski definition) is 5. The summed E-state index contributed by atoms with van der Waals surface area (Å²) >= 11 is 0. The van der Waals surface area contributed by atoms with Crippen molar-refractivity contribution in [3.05, 3.63) is 29.3 Å². The van der Waals surface area contributed by atoms with Crippen LogP contribution in [-0.2, 0) is 19.1 Å². The standard InChI is InChI=1S/C11H8F4O5/c1-18-10(16)9(11(17)19-2)20-8-6(14)4(12)3-5(13)7(8)15/h3,9H,1-2H3. The van der Waals surface area contributed by atoms with Crippen molar-refractivity contribution in [3.63, 3.8) is 0 Å². The maximum absolute atomic E-state index is 13.3. The topological polar surface area (TPSA) is 61.8 Å². The van der Waals surface area contributed by atoms with Gasteiger partial charge in [-0.3, -0.25) is 0 Å². The van der Waals surface area contributed by atoms with Gasteiger partial charge in [0.25, 0.3) is 6.10 Å². The summed E-state index contributed by atoms with van der Waals surface area (Å²) in [6, 6.07) is -0.0528. The molecule has 0 aliphatic rings. The van der Waals surface area contributed by atoms with Gasteiger partial charge in [-0.15, -0.1) is 0 Å². The molecule has 0 fully saturated rings. The summed E-state index contributed by atoms with van der Waals surface area (Å²) in [7, 11) is 1.72. The van der Waals surface area contributed by atoms with Crippen molar-refractivity contribution in [2.24, 2.45) is 0 Å². The molecule has 0 atom stereocenters. The SMILES string of the molecule is COC(=O)C(Oc1c(F)c(F)cc(F)c1F)C(=O)OC. The zero-order valence-corrected chi connectivity index (χ0v) is 10.2. The number of carbonyl (C=O) groups is 2. The van der Waals surface area contributed by atoms with Crippen LogP contribution in [0.3, 0.4) is 0 Å². The number of rotatable bonds is 4. The molecule has 0 spiro atoms. The molecule has 1 rings (SSSR count). The van der Waals surface area contributed by atoms with E-state index < -0.39 is 47.1 Å².